The minimum absolute atomic E-state index is 0.173. The van der Waals surface area contributed by atoms with Crippen molar-refractivity contribution < 1.29 is 13.9 Å². The van der Waals surface area contributed by atoms with Gasteiger partial charge in [-0.2, -0.15) is 0 Å². The number of rotatable bonds is 9. The van der Waals surface area contributed by atoms with E-state index in [1.165, 1.54) is 6.07 Å². The van der Waals surface area contributed by atoms with Crippen molar-refractivity contribution in [1.82, 2.24) is 0 Å². The second-order valence-electron chi connectivity index (χ2n) is 4.64. The van der Waals surface area contributed by atoms with Crippen LogP contribution in [0.3, 0.4) is 0 Å². The highest BCUT2D eigenvalue weighted by Crippen LogP contribution is 2.19. The summed E-state index contributed by atoms with van der Waals surface area (Å²) >= 11 is 0. The molecule has 0 saturated carbocycles. The number of ether oxygens (including phenoxy) is 1. The summed E-state index contributed by atoms with van der Waals surface area (Å²) in [7, 11) is 0. The summed E-state index contributed by atoms with van der Waals surface area (Å²) in [6, 6.07) is 4.89. The van der Waals surface area contributed by atoms with Crippen LogP contribution in [-0.4, -0.2) is 12.4 Å². The fraction of sp³-hybridized carbons (Fsp3) is 0.562. The SMILES string of the molecule is CCOc1ccc(F)c(CCCCCC(=O)CC)c1. The van der Waals surface area contributed by atoms with Crippen molar-refractivity contribution in [3.8, 4) is 5.75 Å². The summed E-state index contributed by atoms with van der Waals surface area (Å²) in [6.07, 6.45) is 4.74. The lowest BCUT2D eigenvalue weighted by atomic mass is 10.0. The number of carbonyl (C=O) groups excluding carboxylic acids is 1. The molecule has 1 rings (SSSR count). The molecule has 2 nitrogen and oxygen atoms in total. The molecule has 0 aliphatic heterocycles. The molecule has 3 heteroatoms. The lowest BCUT2D eigenvalue weighted by Gasteiger charge is -2.07. The normalized spacial score (nSPS) is 10.5. The van der Waals surface area contributed by atoms with E-state index in [9.17, 15) is 9.18 Å². The molecule has 0 unspecified atom stereocenters. The van der Waals surface area contributed by atoms with Crippen molar-refractivity contribution in [2.24, 2.45) is 0 Å². The molecule has 0 aromatic heterocycles. The van der Waals surface area contributed by atoms with Gasteiger partial charge in [0.2, 0.25) is 0 Å². The summed E-state index contributed by atoms with van der Waals surface area (Å²) in [4.78, 5) is 11.1. The minimum Gasteiger partial charge on any atom is -0.494 e. The van der Waals surface area contributed by atoms with Gasteiger partial charge in [0.1, 0.15) is 17.3 Å². The minimum atomic E-state index is -0.173. The van der Waals surface area contributed by atoms with Gasteiger partial charge in [0, 0.05) is 12.8 Å². The molecule has 0 heterocycles. The van der Waals surface area contributed by atoms with Crippen LogP contribution in [0.1, 0.15) is 51.5 Å². The van der Waals surface area contributed by atoms with Crippen LogP contribution in [0.5, 0.6) is 5.75 Å². The molecule has 19 heavy (non-hydrogen) atoms. The Bertz CT molecular complexity index is 402. The van der Waals surface area contributed by atoms with Gasteiger partial charge in [-0.05, 0) is 49.9 Å². The van der Waals surface area contributed by atoms with E-state index in [1.54, 1.807) is 12.1 Å². The Balaban J connectivity index is 2.35. The summed E-state index contributed by atoms with van der Waals surface area (Å²) in [5.41, 5.74) is 0.702. The molecule has 0 radical (unpaired) electrons. The molecule has 0 N–H and O–H groups in total. The topological polar surface area (TPSA) is 26.3 Å². The van der Waals surface area contributed by atoms with E-state index >= 15 is 0 Å². The monoisotopic (exact) mass is 266 g/mol. The maximum Gasteiger partial charge on any atom is 0.132 e. The van der Waals surface area contributed by atoms with Crippen molar-refractivity contribution in [3.63, 3.8) is 0 Å². The number of aryl methyl sites for hydroxylation is 1. The van der Waals surface area contributed by atoms with E-state index in [1.807, 2.05) is 13.8 Å². The van der Waals surface area contributed by atoms with Gasteiger partial charge in [-0.15, -0.1) is 0 Å². The molecule has 0 spiro atoms. The maximum atomic E-state index is 13.6. The maximum absolute atomic E-state index is 13.6. The first kappa shape index (κ1) is 15.7. The Morgan fingerprint density at radius 3 is 2.68 bits per heavy atom. The second kappa shape index (κ2) is 8.68. The highest BCUT2D eigenvalue weighted by atomic mass is 19.1. The zero-order valence-corrected chi connectivity index (χ0v) is 11.9. The van der Waals surface area contributed by atoms with Crippen molar-refractivity contribution in [2.45, 2.75) is 52.4 Å². The smallest absolute Gasteiger partial charge is 0.132 e. The molecular formula is C16H23FO2. The van der Waals surface area contributed by atoms with E-state index in [2.05, 4.69) is 0 Å². The van der Waals surface area contributed by atoms with Gasteiger partial charge in [-0.3, -0.25) is 4.79 Å². The Morgan fingerprint density at radius 1 is 1.21 bits per heavy atom. The van der Waals surface area contributed by atoms with Gasteiger partial charge < -0.3 is 4.74 Å². The Kier molecular flexibility index (Phi) is 7.16. The van der Waals surface area contributed by atoms with Crippen molar-refractivity contribution in [1.29, 1.82) is 0 Å². The van der Waals surface area contributed by atoms with Crippen LogP contribution >= 0.6 is 0 Å². The van der Waals surface area contributed by atoms with E-state index in [4.69, 9.17) is 4.74 Å². The van der Waals surface area contributed by atoms with Gasteiger partial charge in [0.15, 0.2) is 0 Å². The van der Waals surface area contributed by atoms with E-state index in [0.29, 0.717) is 37.2 Å². The molecule has 0 fully saturated rings. The predicted molar refractivity (Wildman–Crippen MR) is 75.0 cm³/mol. The summed E-state index contributed by atoms with van der Waals surface area (Å²) in [5, 5.41) is 0. The van der Waals surface area contributed by atoms with Crippen molar-refractivity contribution >= 4 is 5.78 Å². The highest BCUT2D eigenvalue weighted by Gasteiger charge is 2.05. The zero-order valence-electron chi connectivity index (χ0n) is 11.9. The first-order valence-corrected chi connectivity index (χ1v) is 7.10. The second-order valence-corrected chi connectivity index (χ2v) is 4.64. The van der Waals surface area contributed by atoms with Crippen LogP contribution in [0.2, 0.25) is 0 Å². The zero-order chi connectivity index (χ0) is 14.1. The molecule has 106 valence electrons. The van der Waals surface area contributed by atoms with Gasteiger partial charge in [-0.25, -0.2) is 4.39 Å². The molecule has 0 bridgehead atoms. The number of unbranched alkanes of at least 4 members (excludes halogenated alkanes) is 2. The van der Waals surface area contributed by atoms with Crippen molar-refractivity contribution in [2.75, 3.05) is 6.61 Å². The number of halogens is 1. The lowest BCUT2D eigenvalue weighted by molar-refractivity contribution is -0.118. The fourth-order valence-electron chi connectivity index (χ4n) is 1.99. The third-order valence-corrected chi connectivity index (χ3v) is 3.12. The van der Waals surface area contributed by atoms with E-state index in [0.717, 1.165) is 25.0 Å². The molecule has 0 aliphatic rings. The summed E-state index contributed by atoms with van der Waals surface area (Å²) in [6.45, 7) is 4.38. The number of carbonyl (C=O) groups is 1. The molecule has 0 saturated heterocycles. The first-order valence-electron chi connectivity index (χ1n) is 7.10. The Hall–Kier alpha value is -1.38. The Morgan fingerprint density at radius 2 is 2.00 bits per heavy atom. The average Bonchev–Trinajstić information content (AvgIpc) is 2.41. The Labute approximate surface area is 115 Å². The molecular weight excluding hydrogens is 243 g/mol. The number of benzene rings is 1. The standard InChI is InChI=1S/C16H23FO2/c1-3-14(18)9-7-5-6-8-13-12-15(19-4-2)10-11-16(13)17/h10-12H,3-9H2,1-2H3. The van der Waals surface area contributed by atoms with Gasteiger partial charge in [0.05, 0.1) is 6.61 Å². The summed E-state index contributed by atoms with van der Waals surface area (Å²) in [5.74, 6) is 0.859. The highest BCUT2D eigenvalue weighted by molar-refractivity contribution is 5.77. The number of hydrogen-bond donors (Lipinski definition) is 0. The molecule has 0 aliphatic carbocycles. The molecule has 1 aromatic rings. The van der Waals surface area contributed by atoms with Crippen LogP contribution < -0.4 is 4.74 Å². The van der Waals surface area contributed by atoms with Crippen LogP contribution in [0.4, 0.5) is 4.39 Å². The lowest BCUT2D eigenvalue weighted by Crippen LogP contribution is -1.97. The fourth-order valence-corrected chi connectivity index (χ4v) is 1.99. The average molecular weight is 266 g/mol. The van der Waals surface area contributed by atoms with Gasteiger partial charge in [0.25, 0.3) is 0 Å². The van der Waals surface area contributed by atoms with Crippen LogP contribution in [0.15, 0.2) is 18.2 Å². The molecule has 1 aromatic carbocycles. The van der Waals surface area contributed by atoms with Gasteiger partial charge in [-0.1, -0.05) is 13.3 Å². The predicted octanol–water partition coefficient (Wildman–Crippen LogP) is 4.31. The van der Waals surface area contributed by atoms with E-state index in [-0.39, 0.29) is 5.82 Å². The third-order valence-electron chi connectivity index (χ3n) is 3.12. The van der Waals surface area contributed by atoms with E-state index < -0.39 is 0 Å². The van der Waals surface area contributed by atoms with Crippen molar-refractivity contribution in [3.05, 3.63) is 29.6 Å². The molecule has 0 amide bonds. The van der Waals surface area contributed by atoms with Crippen LogP contribution in [0.25, 0.3) is 0 Å². The largest absolute Gasteiger partial charge is 0.494 e. The van der Waals surface area contributed by atoms with Crippen LogP contribution in [-0.2, 0) is 11.2 Å². The quantitative estimate of drug-likeness (QED) is 0.623. The number of Topliss-reactive ketones (excluding diaryl/α,β-unsaturated/α-hetero) is 1. The van der Waals surface area contributed by atoms with Crippen LogP contribution in [0, 0.1) is 5.82 Å². The number of hydrogen-bond acceptors (Lipinski definition) is 2. The third kappa shape index (κ3) is 5.86. The summed E-state index contributed by atoms with van der Waals surface area (Å²) < 4.78 is 19.0. The number of ketones is 1. The van der Waals surface area contributed by atoms with Gasteiger partial charge >= 0.3 is 0 Å². The first-order chi connectivity index (χ1) is 9.17. The molecule has 0 atom stereocenters.